The molecular weight excluding hydrogens is 410 g/mol. The second-order valence-electron chi connectivity index (χ2n) is 10.0. The minimum Gasteiger partial charge on any atom is -0.338 e. The van der Waals surface area contributed by atoms with Gasteiger partial charge in [0.2, 0.25) is 5.91 Å². The largest absolute Gasteiger partial charge is 0.338 e. The summed E-state index contributed by atoms with van der Waals surface area (Å²) in [5.41, 5.74) is 4.29. The summed E-state index contributed by atoms with van der Waals surface area (Å²) in [7, 11) is 0. The highest BCUT2D eigenvalue weighted by molar-refractivity contribution is 5.86. The van der Waals surface area contributed by atoms with Crippen LogP contribution in [0.2, 0.25) is 0 Å². The summed E-state index contributed by atoms with van der Waals surface area (Å²) in [4.78, 5) is 27.5. The third-order valence-electron chi connectivity index (χ3n) is 7.31. The molecule has 33 heavy (non-hydrogen) atoms. The molecule has 0 radical (unpaired) electrons. The molecule has 4 heterocycles. The molecule has 3 aromatic rings. The molecule has 2 atom stereocenters. The van der Waals surface area contributed by atoms with Crippen molar-refractivity contribution in [2.75, 3.05) is 19.6 Å². The molecule has 6 heteroatoms. The Hall–Kier alpha value is -2.99. The zero-order valence-corrected chi connectivity index (χ0v) is 19.8. The monoisotopic (exact) mass is 443 g/mol. The van der Waals surface area contributed by atoms with Crippen LogP contribution in [0.4, 0.5) is 0 Å². The molecule has 2 fully saturated rings. The maximum atomic E-state index is 14.0. The summed E-state index contributed by atoms with van der Waals surface area (Å²) in [5, 5.41) is 0. The van der Waals surface area contributed by atoms with Gasteiger partial charge in [0.1, 0.15) is 0 Å². The normalized spacial score (nSPS) is 23.3. The van der Waals surface area contributed by atoms with Crippen LogP contribution in [0.5, 0.6) is 0 Å². The third kappa shape index (κ3) is 4.20. The van der Waals surface area contributed by atoms with Crippen LogP contribution in [-0.4, -0.2) is 49.9 Å². The van der Waals surface area contributed by atoms with E-state index in [-0.39, 0.29) is 11.8 Å². The lowest BCUT2D eigenvalue weighted by atomic mass is 9.75. The summed E-state index contributed by atoms with van der Waals surface area (Å²) >= 11 is 0. The van der Waals surface area contributed by atoms with Crippen LogP contribution in [0.25, 0.3) is 0 Å². The fraction of sp³-hybridized carbons (Fsp3) is 0.444. The first-order valence-electron chi connectivity index (χ1n) is 11.9. The minimum atomic E-state index is -0.414. The number of carbonyl (C=O) groups excluding carboxylic acids is 1. The lowest BCUT2D eigenvalue weighted by Crippen LogP contribution is -2.39. The van der Waals surface area contributed by atoms with E-state index in [1.807, 2.05) is 29.6 Å². The van der Waals surface area contributed by atoms with Crippen LogP contribution >= 0.6 is 0 Å². The maximum absolute atomic E-state index is 14.0. The number of benzene rings is 1. The van der Waals surface area contributed by atoms with Crippen molar-refractivity contribution in [3.63, 3.8) is 0 Å². The standard InChI is InChI=1S/C27H33N5O/c1-20(2)32-17-25(29-19-32)24-16-30(14-22-7-4-6-21(3)12-22)18-27(24)9-11-31(26(27)33)15-23-8-5-10-28-13-23/h4-8,10,12-13,17,19-20,24H,9,11,14-16,18H2,1-3H3/t24-,27+/m0/s1. The average molecular weight is 444 g/mol. The second-order valence-corrected chi connectivity index (χ2v) is 10.0. The van der Waals surface area contributed by atoms with Gasteiger partial charge in [-0.1, -0.05) is 35.9 Å². The molecule has 172 valence electrons. The van der Waals surface area contributed by atoms with Gasteiger partial charge >= 0.3 is 0 Å². The Labute approximate surface area is 196 Å². The smallest absolute Gasteiger partial charge is 0.231 e. The molecule has 1 amide bonds. The first-order valence-corrected chi connectivity index (χ1v) is 11.9. The fourth-order valence-corrected chi connectivity index (χ4v) is 5.58. The van der Waals surface area contributed by atoms with Gasteiger partial charge in [0.25, 0.3) is 0 Å². The van der Waals surface area contributed by atoms with E-state index in [4.69, 9.17) is 4.98 Å². The lowest BCUT2D eigenvalue weighted by Gasteiger charge is -2.28. The lowest BCUT2D eigenvalue weighted by molar-refractivity contribution is -0.136. The molecule has 0 N–H and O–H groups in total. The highest BCUT2D eigenvalue weighted by atomic mass is 16.2. The topological polar surface area (TPSA) is 54.3 Å². The number of amides is 1. The van der Waals surface area contributed by atoms with Crippen molar-refractivity contribution >= 4 is 5.91 Å². The van der Waals surface area contributed by atoms with E-state index < -0.39 is 5.41 Å². The molecule has 5 rings (SSSR count). The van der Waals surface area contributed by atoms with E-state index in [0.29, 0.717) is 12.6 Å². The van der Waals surface area contributed by atoms with E-state index >= 15 is 0 Å². The van der Waals surface area contributed by atoms with Crippen LogP contribution in [0.3, 0.4) is 0 Å². The average Bonchev–Trinajstić information content (AvgIpc) is 3.49. The summed E-state index contributed by atoms with van der Waals surface area (Å²) in [5.74, 6) is 0.371. The van der Waals surface area contributed by atoms with Crippen molar-refractivity contribution in [2.24, 2.45) is 5.41 Å². The van der Waals surface area contributed by atoms with Crippen LogP contribution in [0, 0.1) is 12.3 Å². The Morgan fingerprint density at radius 1 is 1.15 bits per heavy atom. The molecule has 0 aliphatic carbocycles. The molecule has 2 saturated heterocycles. The Morgan fingerprint density at radius 2 is 2.00 bits per heavy atom. The third-order valence-corrected chi connectivity index (χ3v) is 7.31. The number of hydrogen-bond donors (Lipinski definition) is 0. The van der Waals surface area contributed by atoms with Crippen LogP contribution < -0.4 is 0 Å². The zero-order valence-electron chi connectivity index (χ0n) is 19.8. The molecule has 2 aromatic heterocycles. The summed E-state index contributed by atoms with van der Waals surface area (Å²) in [6, 6.07) is 13.0. The van der Waals surface area contributed by atoms with E-state index in [1.165, 1.54) is 11.1 Å². The van der Waals surface area contributed by atoms with Crippen LogP contribution in [0.1, 0.15) is 54.6 Å². The number of imidazole rings is 1. The van der Waals surface area contributed by atoms with Gasteiger partial charge in [0.05, 0.1) is 17.4 Å². The van der Waals surface area contributed by atoms with Crippen molar-refractivity contribution in [1.82, 2.24) is 24.3 Å². The molecular formula is C27H33N5O. The van der Waals surface area contributed by atoms with Crippen LogP contribution in [0.15, 0.2) is 61.3 Å². The van der Waals surface area contributed by atoms with Crippen molar-refractivity contribution in [3.05, 3.63) is 83.7 Å². The Kier molecular flexibility index (Phi) is 5.79. The van der Waals surface area contributed by atoms with Gasteiger partial charge in [-0.15, -0.1) is 0 Å². The number of aromatic nitrogens is 3. The number of likely N-dealkylation sites (tertiary alicyclic amines) is 2. The molecule has 0 unspecified atom stereocenters. The van der Waals surface area contributed by atoms with Gasteiger partial charge in [0.15, 0.2) is 0 Å². The van der Waals surface area contributed by atoms with E-state index in [0.717, 1.165) is 43.9 Å². The quantitative estimate of drug-likeness (QED) is 0.573. The molecule has 1 spiro atoms. The maximum Gasteiger partial charge on any atom is 0.231 e. The minimum absolute atomic E-state index is 0.105. The Morgan fingerprint density at radius 3 is 2.73 bits per heavy atom. The number of aryl methyl sites for hydroxylation is 1. The summed E-state index contributed by atoms with van der Waals surface area (Å²) in [6.45, 7) is 10.4. The molecule has 0 bridgehead atoms. The molecule has 2 aliphatic heterocycles. The van der Waals surface area contributed by atoms with Crippen molar-refractivity contribution < 1.29 is 4.79 Å². The van der Waals surface area contributed by atoms with Crippen molar-refractivity contribution in [1.29, 1.82) is 0 Å². The Balaban J connectivity index is 1.43. The predicted octanol–water partition coefficient (Wildman–Crippen LogP) is 4.19. The van der Waals surface area contributed by atoms with Gasteiger partial charge < -0.3 is 9.47 Å². The first kappa shape index (κ1) is 21.8. The molecule has 2 aliphatic rings. The van der Waals surface area contributed by atoms with Crippen molar-refractivity contribution in [2.45, 2.75) is 52.2 Å². The SMILES string of the molecule is Cc1cccc(CN2C[C@@H](c3cn(C(C)C)cn3)[C@@]3(CCN(Cc4cccnc4)C3=O)C2)c1. The van der Waals surface area contributed by atoms with Gasteiger partial charge in [-0.25, -0.2) is 4.98 Å². The number of pyridine rings is 1. The number of nitrogens with zero attached hydrogens (tertiary/aromatic N) is 5. The van der Waals surface area contributed by atoms with Gasteiger partial charge in [-0.2, -0.15) is 0 Å². The molecule has 1 aromatic carbocycles. The highest BCUT2D eigenvalue weighted by Crippen LogP contribution is 2.50. The number of carbonyl (C=O) groups is 1. The van der Waals surface area contributed by atoms with Crippen molar-refractivity contribution in [3.8, 4) is 0 Å². The van der Waals surface area contributed by atoms with Crippen LogP contribution in [-0.2, 0) is 17.9 Å². The van der Waals surface area contributed by atoms with Gasteiger partial charge in [0, 0.05) is 63.3 Å². The fourth-order valence-electron chi connectivity index (χ4n) is 5.58. The number of hydrogen-bond acceptors (Lipinski definition) is 4. The number of rotatable bonds is 6. The van der Waals surface area contributed by atoms with E-state index in [1.54, 1.807) is 6.20 Å². The predicted molar refractivity (Wildman–Crippen MR) is 129 cm³/mol. The Bertz CT molecular complexity index is 1120. The van der Waals surface area contributed by atoms with E-state index in [9.17, 15) is 4.79 Å². The molecule has 0 saturated carbocycles. The van der Waals surface area contributed by atoms with Gasteiger partial charge in [-0.05, 0) is 44.4 Å². The van der Waals surface area contributed by atoms with E-state index in [2.05, 4.69) is 65.7 Å². The van der Waals surface area contributed by atoms with Gasteiger partial charge in [-0.3, -0.25) is 14.7 Å². The first-order chi connectivity index (χ1) is 15.9. The summed E-state index contributed by atoms with van der Waals surface area (Å²) < 4.78 is 2.15. The molecule has 6 nitrogen and oxygen atoms in total. The second kappa shape index (κ2) is 8.75. The zero-order chi connectivity index (χ0) is 23.0. The summed E-state index contributed by atoms with van der Waals surface area (Å²) in [6.07, 6.45) is 8.58. The highest BCUT2D eigenvalue weighted by Gasteiger charge is 2.57.